The topological polar surface area (TPSA) is 64.4 Å². The van der Waals surface area contributed by atoms with Gasteiger partial charge in [0.25, 0.3) is 0 Å². The molecule has 0 amide bonds. The van der Waals surface area contributed by atoms with Gasteiger partial charge >= 0.3 is 5.97 Å². The third kappa shape index (κ3) is 2.87. The minimum absolute atomic E-state index is 0.0767. The molecule has 0 aliphatic rings. The first-order chi connectivity index (χ1) is 9.56. The number of hydrogen-bond acceptors (Lipinski definition) is 4. The number of nitrogens with zero attached hydrogens (tertiary/aromatic N) is 2. The quantitative estimate of drug-likeness (QED) is 0.831. The molecule has 2 aromatic rings. The van der Waals surface area contributed by atoms with Gasteiger partial charge in [0.15, 0.2) is 16.7 Å². The molecule has 0 unspecified atom stereocenters. The lowest BCUT2D eigenvalue weighted by Crippen LogP contribution is -2.03. The van der Waals surface area contributed by atoms with Crippen molar-refractivity contribution in [3.63, 3.8) is 0 Å². The van der Waals surface area contributed by atoms with Crippen LogP contribution in [0.4, 0.5) is 4.39 Å². The molecule has 1 aromatic heterocycles. The van der Waals surface area contributed by atoms with Crippen LogP contribution in [-0.4, -0.2) is 33.5 Å². The Balaban J connectivity index is 2.51. The lowest BCUT2D eigenvalue weighted by Gasteiger charge is -2.07. The Kier molecular flexibility index (Phi) is 4.49. The Morgan fingerprint density at radius 2 is 2.30 bits per heavy atom. The number of carbonyl (C=O) groups is 1. The van der Waals surface area contributed by atoms with Gasteiger partial charge in [-0.1, -0.05) is 18.7 Å². The van der Waals surface area contributed by atoms with Crippen molar-refractivity contribution in [1.82, 2.24) is 9.55 Å². The molecule has 1 N–H and O–H groups in total. The number of ether oxygens (including phenoxy) is 1. The van der Waals surface area contributed by atoms with Gasteiger partial charge in [-0.05, 0) is 6.42 Å². The van der Waals surface area contributed by atoms with Gasteiger partial charge in [-0.15, -0.1) is 0 Å². The zero-order chi connectivity index (χ0) is 14.7. The smallest absolute Gasteiger partial charge is 0.313 e. The van der Waals surface area contributed by atoms with E-state index in [4.69, 9.17) is 9.84 Å². The van der Waals surface area contributed by atoms with E-state index in [1.54, 1.807) is 6.07 Å². The largest absolute Gasteiger partial charge is 0.494 e. The third-order valence-corrected chi connectivity index (χ3v) is 3.72. The third-order valence-electron chi connectivity index (χ3n) is 2.76. The van der Waals surface area contributed by atoms with Crippen LogP contribution in [0.2, 0.25) is 0 Å². The van der Waals surface area contributed by atoms with Crippen molar-refractivity contribution in [2.45, 2.75) is 25.0 Å². The van der Waals surface area contributed by atoms with Gasteiger partial charge < -0.3 is 14.4 Å². The van der Waals surface area contributed by atoms with E-state index in [2.05, 4.69) is 4.98 Å². The van der Waals surface area contributed by atoms with Crippen molar-refractivity contribution in [2.24, 2.45) is 0 Å². The summed E-state index contributed by atoms with van der Waals surface area (Å²) in [6, 6.07) is 2.91. The van der Waals surface area contributed by atoms with Crippen LogP contribution in [0.25, 0.3) is 11.0 Å². The highest BCUT2D eigenvalue weighted by molar-refractivity contribution is 7.99. The van der Waals surface area contributed by atoms with Crippen LogP contribution >= 0.6 is 11.8 Å². The molecule has 0 saturated heterocycles. The van der Waals surface area contributed by atoms with E-state index in [0.717, 1.165) is 23.7 Å². The molecule has 0 fully saturated rings. The Morgan fingerprint density at radius 1 is 1.55 bits per heavy atom. The van der Waals surface area contributed by atoms with E-state index in [1.165, 1.54) is 13.2 Å². The van der Waals surface area contributed by atoms with E-state index >= 15 is 0 Å². The van der Waals surface area contributed by atoms with E-state index < -0.39 is 11.8 Å². The van der Waals surface area contributed by atoms with Gasteiger partial charge in [0.1, 0.15) is 0 Å². The maximum atomic E-state index is 13.7. The van der Waals surface area contributed by atoms with E-state index in [1.807, 2.05) is 11.5 Å². The maximum absolute atomic E-state index is 13.7. The van der Waals surface area contributed by atoms with Crippen LogP contribution in [0, 0.1) is 5.82 Å². The summed E-state index contributed by atoms with van der Waals surface area (Å²) >= 11 is 1.13. The normalized spacial score (nSPS) is 10.9. The number of halogens is 1. The van der Waals surface area contributed by atoms with Gasteiger partial charge in [0.2, 0.25) is 0 Å². The fourth-order valence-electron chi connectivity index (χ4n) is 1.94. The first kappa shape index (κ1) is 14.6. The van der Waals surface area contributed by atoms with Gasteiger partial charge in [-0.2, -0.15) is 0 Å². The highest BCUT2D eigenvalue weighted by atomic mass is 32.2. The molecule has 1 aromatic carbocycles. The fourth-order valence-corrected chi connectivity index (χ4v) is 2.70. The highest BCUT2D eigenvalue weighted by Gasteiger charge is 2.15. The van der Waals surface area contributed by atoms with Crippen LogP contribution in [-0.2, 0) is 11.3 Å². The number of carboxylic acid groups (broad SMARTS) is 1. The second-order valence-corrected chi connectivity index (χ2v) is 5.15. The summed E-state index contributed by atoms with van der Waals surface area (Å²) in [7, 11) is 1.41. The SMILES string of the molecule is CCCn1c(SCC(=O)O)nc2cc(F)c(OC)cc21. The number of hydrogen-bond donors (Lipinski definition) is 1. The highest BCUT2D eigenvalue weighted by Crippen LogP contribution is 2.29. The van der Waals surface area contributed by atoms with E-state index in [-0.39, 0.29) is 11.5 Å². The molecule has 0 atom stereocenters. The second kappa shape index (κ2) is 6.13. The molecule has 0 aliphatic heterocycles. The molecular formula is C13H15FN2O3S. The van der Waals surface area contributed by atoms with Crippen molar-refractivity contribution in [3.8, 4) is 5.75 Å². The summed E-state index contributed by atoms with van der Waals surface area (Å²) < 4.78 is 20.6. The molecule has 0 bridgehead atoms. The summed E-state index contributed by atoms with van der Waals surface area (Å²) in [6.07, 6.45) is 0.867. The summed E-state index contributed by atoms with van der Waals surface area (Å²) in [6.45, 7) is 2.70. The van der Waals surface area contributed by atoms with E-state index in [0.29, 0.717) is 17.2 Å². The van der Waals surface area contributed by atoms with Crippen molar-refractivity contribution in [1.29, 1.82) is 0 Å². The summed E-state index contributed by atoms with van der Waals surface area (Å²) in [5.74, 6) is -1.30. The van der Waals surface area contributed by atoms with Gasteiger partial charge in [-0.3, -0.25) is 4.79 Å². The summed E-state index contributed by atoms with van der Waals surface area (Å²) in [5, 5.41) is 9.34. The Morgan fingerprint density at radius 3 is 2.90 bits per heavy atom. The van der Waals surface area contributed by atoms with Crippen molar-refractivity contribution < 1.29 is 19.0 Å². The summed E-state index contributed by atoms with van der Waals surface area (Å²) in [4.78, 5) is 15.0. The number of imidazole rings is 1. The van der Waals surface area contributed by atoms with Crippen LogP contribution in [0.5, 0.6) is 5.75 Å². The number of thioether (sulfide) groups is 1. The molecule has 0 saturated carbocycles. The number of benzene rings is 1. The van der Waals surface area contributed by atoms with Crippen molar-refractivity contribution in [2.75, 3.05) is 12.9 Å². The van der Waals surface area contributed by atoms with Crippen LogP contribution in [0.1, 0.15) is 13.3 Å². The molecule has 2 rings (SSSR count). The molecule has 0 spiro atoms. The lowest BCUT2D eigenvalue weighted by molar-refractivity contribution is -0.133. The van der Waals surface area contributed by atoms with Gasteiger partial charge in [0, 0.05) is 18.7 Å². The Bertz CT molecular complexity index is 642. The number of aliphatic carboxylic acids is 1. The molecule has 5 nitrogen and oxygen atoms in total. The van der Waals surface area contributed by atoms with Crippen LogP contribution in [0.15, 0.2) is 17.3 Å². The minimum atomic E-state index is -0.908. The van der Waals surface area contributed by atoms with Crippen molar-refractivity contribution >= 4 is 28.8 Å². The van der Waals surface area contributed by atoms with Crippen LogP contribution < -0.4 is 4.74 Å². The van der Waals surface area contributed by atoms with Gasteiger partial charge in [-0.25, -0.2) is 9.37 Å². The minimum Gasteiger partial charge on any atom is -0.494 e. The molecule has 20 heavy (non-hydrogen) atoms. The van der Waals surface area contributed by atoms with E-state index in [9.17, 15) is 9.18 Å². The second-order valence-electron chi connectivity index (χ2n) is 4.20. The molecule has 1 heterocycles. The summed E-state index contributed by atoms with van der Waals surface area (Å²) in [5.41, 5.74) is 1.25. The molecule has 7 heteroatoms. The maximum Gasteiger partial charge on any atom is 0.313 e. The van der Waals surface area contributed by atoms with Gasteiger partial charge in [0.05, 0.1) is 23.9 Å². The number of aryl methyl sites for hydroxylation is 1. The predicted molar refractivity (Wildman–Crippen MR) is 74.9 cm³/mol. The zero-order valence-electron chi connectivity index (χ0n) is 11.2. The average molecular weight is 298 g/mol. The molecular weight excluding hydrogens is 283 g/mol. The molecule has 108 valence electrons. The van der Waals surface area contributed by atoms with Crippen molar-refractivity contribution in [3.05, 3.63) is 17.9 Å². The first-order valence-electron chi connectivity index (χ1n) is 6.15. The first-order valence-corrected chi connectivity index (χ1v) is 7.13. The lowest BCUT2D eigenvalue weighted by atomic mass is 10.3. The monoisotopic (exact) mass is 298 g/mol. The number of rotatable bonds is 6. The number of aromatic nitrogens is 2. The predicted octanol–water partition coefficient (Wildman–Crippen LogP) is 2.77. The zero-order valence-corrected chi connectivity index (χ0v) is 12.0. The fraction of sp³-hybridized carbons (Fsp3) is 0.385. The molecule has 0 aliphatic carbocycles. The Labute approximate surface area is 119 Å². The Hall–Kier alpha value is -1.76. The van der Waals surface area contributed by atoms with Crippen LogP contribution in [0.3, 0.4) is 0 Å². The number of carboxylic acids is 1. The molecule has 0 radical (unpaired) electrons. The number of methoxy groups -OCH3 is 1. The standard InChI is InChI=1S/C13H15FN2O3S/c1-3-4-16-10-6-11(19-2)8(14)5-9(10)15-13(16)20-7-12(17)18/h5-6H,3-4,7H2,1-2H3,(H,17,18). The average Bonchev–Trinajstić information content (AvgIpc) is 2.73. The number of fused-ring (bicyclic) bond motifs is 1.